The van der Waals surface area contributed by atoms with Crippen LogP contribution in [0.5, 0.6) is 0 Å². The molecule has 0 nitrogen and oxygen atoms in total. The van der Waals surface area contributed by atoms with E-state index in [0.29, 0.717) is 12.8 Å². The van der Waals surface area contributed by atoms with Crippen LogP contribution in [0.3, 0.4) is 0 Å². The average Bonchev–Trinajstić information content (AvgIpc) is 1.35. The summed E-state index contributed by atoms with van der Waals surface area (Å²) < 4.78 is 11.7. The third-order valence-electron chi connectivity index (χ3n) is 0.602. The lowest BCUT2D eigenvalue weighted by molar-refractivity contribution is 0.343. The summed E-state index contributed by atoms with van der Waals surface area (Å²) in [4.78, 5) is 0. The van der Waals surface area contributed by atoms with Crippen LogP contribution in [-0.4, -0.2) is 6.17 Å². The molecule has 0 spiro atoms. The van der Waals surface area contributed by atoms with Crippen molar-refractivity contribution in [3.8, 4) is 0 Å². The van der Waals surface area contributed by atoms with Crippen LogP contribution in [0, 0.1) is 6.92 Å². The lowest BCUT2D eigenvalue weighted by Crippen LogP contribution is -1.87. The van der Waals surface area contributed by atoms with E-state index in [-0.39, 0.29) is 0 Å². The van der Waals surface area contributed by atoms with Crippen molar-refractivity contribution < 1.29 is 4.39 Å². The van der Waals surface area contributed by atoms with Crippen molar-refractivity contribution in [2.24, 2.45) is 0 Å². The fourth-order valence-electron chi connectivity index (χ4n) is 0.281. The van der Waals surface area contributed by atoms with Gasteiger partial charge in [0.05, 0.1) is 6.17 Å². The van der Waals surface area contributed by atoms with Gasteiger partial charge in [-0.2, -0.15) is 0 Å². The summed E-state index contributed by atoms with van der Waals surface area (Å²) in [5.41, 5.74) is 0. The van der Waals surface area contributed by atoms with E-state index in [0.717, 1.165) is 0 Å². The van der Waals surface area contributed by atoms with Gasteiger partial charge in [0.2, 0.25) is 0 Å². The van der Waals surface area contributed by atoms with Gasteiger partial charge in [-0.25, -0.2) is 4.39 Å². The molecule has 1 atom stereocenters. The highest BCUT2D eigenvalue weighted by Crippen LogP contribution is 1.96. The Morgan fingerprint density at radius 1 is 1.83 bits per heavy atom. The molecule has 0 aliphatic rings. The third-order valence-corrected chi connectivity index (χ3v) is 0.602. The Balaban J connectivity index is 2.63. The van der Waals surface area contributed by atoms with Gasteiger partial charge in [0.1, 0.15) is 0 Å². The van der Waals surface area contributed by atoms with Crippen LogP contribution < -0.4 is 0 Å². The topological polar surface area (TPSA) is 0 Å². The number of alkyl halides is 1. The Labute approximate surface area is 38.4 Å². The van der Waals surface area contributed by atoms with Gasteiger partial charge in [0, 0.05) is 0 Å². The lowest BCUT2D eigenvalue weighted by Gasteiger charge is -1.91. The van der Waals surface area contributed by atoms with Gasteiger partial charge in [-0.15, -0.1) is 0 Å². The highest BCUT2D eigenvalue weighted by Gasteiger charge is 1.90. The fourth-order valence-corrected chi connectivity index (χ4v) is 0.281. The molecule has 0 aromatic carbocycles. The van der Waals surface area contributed by atoms with E-state index >= 15 is 0 Å². The smallest absolute Gasteiger partial charge is 0.0973 e. The van der Waals surface area contributed by atoms with E-state index in [1.807, 2.05) is 0 Å². The molecular weight excluding hydrogens is 79.1 g/mol. The second kappa shape index (κ2) is 3.13. The number of hydrogen-bond acceptors (Lipinski definition) is 0. The molecule has 0 saturated carbocycles. The normalized spacial score (nSPS) is 14.5. The molecule has 0 bridgehead atoms. The van der Waals surface area contributed by atoms with Crippen molar-refractivity contribution in [1.82, 2.24) is 0 Å². The van der Waals surface area contributed by atoms with Gasteiger partial charge in [-0.1, -0.05) is 13.3 Å². The molecule has 1 radical (unpaired) electrons. The van der Waals surface area contributed by atoms with Crippen molar-refractivity contribution >= 4 is 0 Å². The summed E-state index contributed by atoms with van der Waals surface area (Å²) >= 11 is 0. The summed E-state index contributed by atoms with van der Waals surface area (Å²) in [5.74, 6) is 0. The average molecular weight is 89.1 g/mol. The fraction of sp³-hybridized carbons (Fsp3) is 0.800. The summed E-state index contributed by atoms with van der Waals surface area (Å²) in [5, 5.41) is 0. The molecule has 0 aliphatic carbocycles. The lowest BCUT2D eigenvalue weighted by atomic mass is 10.2. The van der Waals surface area contributed by atoms with Crippen LogP contribution in [0.1, 0.15) is 19.8 Å². The maximum atomic E-state index is 11.7. The van der Waals surface area contributed by atoms with Gasteiger partial charge in [-0.3, -0.25) is 0 Å². The van der Waals surface area contributed by atoms with E-state index in [9.17, 15) is 4.39 Å². The molecule has 0 rings (SSSR count). The zero-order chi connectivity index (χ0) is 4.99. The minimum Gasteiger partial charge on any atom is -0.248 e. The van der Waals surface area contributed by atoms with Crippen molar-refractivity contribution in [3.63, 3.8) is 0 Å². The maximum Gasteiger partial charge on any atom is 0.0973 e. The summed E-state index contributed by atoms with van der Waals surface area (Å²) in [6.45, 7) is 5.03. The molecule has 0 aromatic heterocycles. The third kappa shape index (κ3) is 3.93. The summed E-state index contributed by atoms with van der Waals surface area (Å²) in [6.07, 6.45) is 0.639. The molecule has 0 saturated heterocycles. The summed E-state index contributed by atoms with van der Waals surface area (Å²) in [6, 6.07) is 0. The van der Waals surface area contributed by atoms with Crippen LogP contribution in [0.25, 0.3) is 0 Å². The first kappa shape index (κ1) is 5.93. The van der Waals surface area contributed by atoms with Crippen LogP contribution in [0.2, 0.25) is 0 Å². The van der Waals surface area contributed by atoms with E-state index in [2.05, 4.69) is 6.92 Å². The number of rotatable bonds is 2. The van der Waals surface area contributed by atoms with Gasteiger partial charge in [0.15, 0.2) is 0 Å². The highest BCUT2D eigenvalue weighted by molar-refractivity contribution is 4.47. The predicted octanol–water partition coefficient (Wildman–Crippen LogP) is 1.96. The Hall–Kier alpha value is -0.0700. The van der Waals surface area contributed by atoms with Crippen molar-refractivity contribution in [2.45, 2.75) is 25.9 Å². The van der Waals surface area contributed by atoms with Gasteiger partial charge >= 0.3 is 0 Å². The highest BCUT2D eigenvalue weighted by atomic mass is 19.1. The zero-order valence-electron chi connectivity index (χ0n) is 4.08. The Morgan fingerprint density at radius 2 is 2.33 bits per heavy atom. The first-order chi connectivity index (χ1) is 2.77. The second-order valence-corrected chi connectivity index (χ2v) is 1.42. The number of hydrogen-bond donors (Lipinski definition) is 0. The molecule has 0 heterocycles. The minimum atomic E-state index is -0.664. The van der Waals surface area contributed by atoms with E-state index in [1.54, 1.807) is 6.92 Å². The predicted molar refractivity (Wildman–Crippen MR) is 25.2 cm³/mol. The van der Waals surface area contributed by atoms with Crippen molar-refractivity contribution in [1.29, 1.82) is 0 Å². The van der Waals surface area contributed by atoms with Crippen LogP contribution in [0.4, 0.5) is 4.39 Å². The SMILES string of the molecule is [CH2]CC[C@H](C)F. The Bertz CT molecular complexity index is 25.1. The molecular formula is C5H10F. The Morgan fingerprint density at radius 3 is 2.33 bits per heavy atom. The molecule has 0 amide bonds. The molecule has 0 aromatic rings. The first-order valence-electron chi connectivity index (χ1n) is 2.20. The Kier molecular flexibility index (Phi) is 3.10. The number of halogens is 1. The molecule has 0 fully saturated rings. The molecule has 37 valence electrons. The molecule has 1 heteroatoms. The zero-order valence-corrected chi connectivity index (χ0v) is 4.08. The van der Waals surface area contributed by atoms with Gasteiger partial charge in [0.25, 0.3) is 0 Å². The molecule has 0 unspecified atom stereocenters. The molecule has 0 N–H and O–H groups in total. The van der Waals surface area contributed by atoms with E-state index in [1.165, 1.54) is 0 Å². The van der Waals surface area contributed by atoms with Crippen molar-refractivity contribution in [3.05, 3.63) is 6.92 Å². The van der Waals surface area contributed by atoms with E-state index < -0.39 is 6.17 Å². The first-order valence-corrected chi connectivity index (χ1v) is 2.20. The van der Waals surface area contributed by atoms with Crippen LogP contribution >= 0.6 is 0 Å². The monoisotopic (exact) mass is 89.1 g/mol. The molecule has 0 aliphatic heterocycles. The standard InChI is InChI=1S/C5H10F/c1-3-4-5(2)6/h5H,1,3-4H2,2H3/t5-/m0/s1. The van der Waals surface area contributed by atoms with Crippen LogP contribution in [0.15, 0.2) is 0 Å². The van der Waals surface area contributed by atoms with Crippen molar-refractivity contribution in [2.75, 3.05) is 0 Å². The van der Waals surface area contributed by atoms with Crippen LogP contribution in [-0.2, 0) is 0 Å². The largest absolute Gasteiger partial charge is 0.248 e. The minimum absolute atomic E-state index is 0.597. The second-order valence-electron chi connectivity index (χ2n) is 1.42. The van der Waals surface area contributed by atoms with E-state index in [4.69, 9.17) is 0 Å². The summed E-state index contributed by atoms with van der Waals surface area (Å²) in [7, 11) is 0. The van der Waals surface area contributed by atoms with Gasteiger partial charge in [-0.05, 0) is 13.3 Å². The molecule has 6 heavy (non-hydrogen) atoms. The quantitative estimate of drug-likeness (QED) is 0.485. The maximum absolute atomic E-state index is 11.7. The van der Waals surface area contributed by atoms with Gasteiger partial charge < -0.3 is 0 Å².